The Balaban J connectivity index is 1.67. The maximum absolute atomic E-state index is 12.8. The van der Waals surface area contributed by atoms with Crippen LogP contribution in [0.15, 0.2) is 47.0 Å². The number of nitrogens with one attached hydrogen (secondary N) is 1. The number of fused-ring (bicyclic) bond motifs is 1. The van der Waals surface area contributed by atoms with Crippen LogP contribution < -0.4 is 5.32 Å². The Hall–Kier alpha value is -2.59. The second-order valence-electron chi connectivity index (χ2n) is 6.23. The number of aryl methyl sites for hydroxylation is 3. The first-order valence-corrected chi connectivity index (χ1v) is 8.65. The molecule has 5 heteroatoms. The lowest BCUT2D eigenvalue weighted by Crippen LogP contribution is -2.13. The Morgan fingerprint density at radius 1 is 1.16 bits per heavy atom. The summed E-state index contributed by atoms with van der Waals surface area (Å²) in [5, 5.41) is 7.54. The van der Waals surface area contributed by atoms with Crippen LogP contribution in [0.4, 0.5) is 5.69 Å². The summed E-state index contributed by atoms with van der Waals surface area (Å²) in [6, 6.07) is 13.4. The molecule has 0 atom stereocenters. The van der Waals surface area contributed by atoms with Crippen LogP contribution in [0.5, 0.6) is 0 Å². The molecule has 0 saturated heterocycles. The Morgan fingerprint density at radius 3 is 2.80 bits per heavy atom. The zero-order chi connectivity index (χ0) is 17.4. The summed E-state index contributed by atoms with van der Waals surface area (Å²) >= 11 is 6.26. The molecule has 4 nitrogen and oxygen atoms in total. The summed E-state index contributed by atoms with van der Waals surface area (Å²) in [6.45, 7) is 1.73. The first-order chi connectivity index (χ1) is 12.1. The van der Waals surface area contributed by atoms with E-state index in [0.717, 1.165) is 18.5 Å². The molecule has 126 valence electrons. The van der Waals surface area contributed by atoms with E-state index >= 15 is 0 Å². The number of rotatable bonds is 3. The Kier molecular flexibility index (Phi) is 4.06. The second kappa shape index (κ2) is 6.37. The van der Waals surface area contributed by atoms with Crippen molar-refractivity contribution in [3.63, 3.8) is 0 Å². The Morgan fingerprint density at radius 2 is 1.96 bits per heavy atom. The van der Waals surface area contributed by atoms with E-state index in [-0.39, 0.29) is 5.91 Å². The van der Waals surface area contributed by atoms with Crippen LogP contribution in [0.1, 0.15) is 33.7 Å². The average Bonchev–Trinajstić information content (AvgIpc) is 3.21. The fraction of sp³-hybridized carbons (Fsp3) is 0.200. The second-order valence-corrected chi connectivity index (χ2v) is 6.64. The van der Waals surface area contributed by atoms with Gasteiger partial charge in [0, 0.05) is 11.3 Å². The van der Waals surface area contributed by atoms with Crippen molar-refractivity contribution in [2.75, 3.05) is 5.32 Å². The quantitative estimate of drug-likeness (QED) is 0.718. The molecule has 4 rings (SSSR count). The number of halogens is 1. The zero-order valence-corrected chi connectivity index (χ0v) is 14.6. The van der Waals surface area contributed by atoms with E-state index in [4.69, 9.17) is 16.1 Å². The molecule has 1 amide bonds. The van der Waals surface area contributed by atoms with Crippen LogP contribution in [0, 0.1) is 6.92 Å². The summed E-state index contributed by atoms with van der Waals surface area (Å²) in [5.74, 6) is 0.222. The summed E-state index contributed by atoms with van der Waals surface area (Å²) in [6.07, 6.45) is 3.36. The zero-order valence-electron chi connectivity index (χ0n) is 13.8. The molecule has 2 aromatic carbocycles. The third-order valence-corrected chi connectivity index (χ3v) is 4.90. The minimum atomic E-state index is -0.244. The lowest BCUT2D eigenvalue weighted by molar-refractivity contribution is 0.102. The van der Waals surface area contributed by atoms with Gasteiger partial charge in [-0.25, -0.2) is 0 Å². The maximum Gasteiger partial charge on any atom is 0.261 e. The summed E-state index contributed by atoms with van der Waals surface area (Å²) in [7, 11) is 0. The minimum Gasteiger partial charge on any atom is -0.360 e. The summed E-state index contributed by atoms with van der Waals surface area (Å²) in [5.41, 5.74) is 5.02. The highest BCUT2D eigenvalue weighted by Gasteiger charge is 2.23. The lowest BCUT2D eigenvalue weighted by atomic mass is 10.0. The van der Waals surface area contributed by atoms with Gasteiger partial charge in [-0.3, -0.25) is 4.79 Å². The van der Waals surface area contributed by atoms with E-state index in [9.17, 15) is 4.79 Å². The molecule has 1 aromatic heterocycles. The van der Waals surface area contributed by atoms with Crippen molar-refractivity contribution in [1.82, 2.24) is 5.16 Å². The van der Waals surface area contributed by atoms with Crippen molar-refractivity contribution in [3.05, 3.63) is 69.9 Å². The van der Waals surface area contributed by atoms with Crippen LogP contribution in [0.25, 0.3) is 11.3 Å². The molecule has 0 bridgehead atoms. The van der Waals surface area contributed by atoms with Crippen molar-refractivity contribution < 1.29 is 9.32 Å². The van der Waals surface area contributed by atoms with Crippen molar-refractivity contribution in [2.45, 2.75) is 26.2 Å². The van der Waals surface area contributed by atoms with Gasteiger partial charge in [0.15, 0.2) is 0 Å². The predicted molar refractivity (Wildman–Crippen MR) is 98.1 cm³/mol. The molecule has 0 aliphatic heterocycles. The normalized spacial score (nSPS) is 12.9. The molecule has 0 spiro atoms. The number of anilines is 1. The SMILES string of the molecule is Cc1onc(-c2ccccc2Cl)c1C(=O)Nc1ccc2c(c1)CCC2. The lowest BCUT2D eigenvalue weighted by Gasteiger charge is -2.08. The fourth-order valence-electron chi connectivity index (χ4n) is 3.32. The van der Waals surface area contributed by atoms with Gasteiger partial charge < -0.3 is 9.84 Å². The van der Waals surface area contributed by atoms with E-state index in [1.165, 1.54) is 17.5 Å². The van der Waals surface area contributed by atoms with Crippen molar-refractivity contribution in [3.8, 4) is 11.3 Å². The van der Waals surface area contributed by atoms with Gasteiger partial charge in [-0.1, -0.05) is 41.0 Å². The molecule has 0 fully saturated rings. The predicted octanol–water partition coefficient (Wildman–Crippen LogP) is 5.04. The smallest absolute Gasteiger partial charge is 0.261 e. The van der Waals surface area contributed by atoms with Crippen LogP contribution in [-0.4, -0.2) is 11.1 Å². The summed E-state index contributed by atoms with van der Waals surface area (Å²) < 4.78 is 5.27. The number of carbonyl (C=O) groups excluding carboxylic acids is 1. The van der Waals surface area contributed by atoms with E-state index in [0.29, 0.717) is 27.6 Å². The number of hydrogen-bond donors (Lipinski definition) is 1. The number of hydrogen-bond acceptors (Lipinski definition) is 3. The van der Waals surface area contributed by atoms with Crippen LogP contribution >= 0.6 is 11.6 Å². The molecule has 1 heterocycles. The molecular weight excluding hydrogens is 336 g/mol. The van der Waals surface area contributed by atoms with Gasteiger partial charge in [-0.05, 0) is 55.5 Å². The molecule has 1 aliphatic rings. The van der Waals surface area contributed by atoms with Gasteiger partial charge in [0.25, 0.3) is 5.91 Å². The van der Waals surface area contributed by atoms with Gasteiger partial charge >= 0.3 is 0 Å². The van der Waals surface area contributed by atoms with Gasteiger partial charge in [0.2, 0.25) is 0 Å². The van der Waals surface area contributed by atoms with Crippen molar-refractivity contribution in [1.29, 1.82) is 0 Å². The standard InChI is InChI=1S/C20H17ClN2O2/c1-12-18(19(23-25-12)16-7-2-3-8-17(16)21)20(24)22-15-10-9-13-5-4-6-14(13)11-15/h2-3,7-11H,4-6H2,1H3,(H,22,24). The van der Waals surface area contributed by atoms with Crippen LogP contribution in [-0.2, 0) is 12.8 Å². The molecule has 25 heavy (non-hydrogen) atoms. The highest BCUT2D eigenvalue weighted by Crippen LogP contribution is 2.32. The van der Waals surface area contributed by atoms with Crippen LogP contribution in [0.3, 0.4) is 0 Å². The molecule has 0 saturated carbocycles. The van der Waals surface area contributed by atoms with Gasteiger partial charge in [-0.2, -0.15) is 0 Å². The third-order valence-electron chi connectivity index (χ3n) is 4.58. The van der Waals surface area contributed by atoms with E-state index in [1.54, 1.807) is 13.0 Å². The number of benzene rings is 2. The highest BCUT2D eigenvalue weighted by atomic mass is 35.5. The van der Waals surface area contributed by atoms with E-state index in [1.807, 2.05) is 24.3 Å². The van der Waals surface area contributed by atoms with E-state index in [2.05, 4.69) is 22.6 Å². The number of aromatic nitrogens is 1. The summed E-state index contributed by atoms with van der Waals surface area (Å²) in [4.78, 5) is 12.8. The first-order valence-electron chi connectivity index (χ1n) is 8.28. The third kappa shape index (κ3) is 2.94. The minimum absolute atomic E-state index is 0.244. The van der Waals surface area contributed by atoms with Gasteiger partial charge in [0.1, 0.15) is 17.0 Å². The molecule has 0 unspecified atom stereocenters. The number of carbonyl (C=O) groups is 1. The monoisotopic (exact) mass is 352 g/mol. The largest absolute Gasteiger partial charge is 0.360 e. The molecular formula is C20H17ClN2O2. The Bertz CT molecular complexity index is 962. The Labute approximate surface area is 150 Å². The van der Waals surface area contributed by atoms with Gasteiger partial charge in [-0.15, -0.1) is 0 Å². The molecule has 1 aliphatic carbocycles. The topological polar surface area (TPSA) is 55.1 Å². The molecule has 3 aromatic rings. The molecule has 1 N–H and O–H groups in total. The molecule has 0 radical (unpaired) electrons. The van der Waals surface area contributed by atoms with Crippen LogP contribution in [0.2, 0.25) is 5.02 Å². The van der Waals surface area contributed by atoms with Crippen molar-refractivity contribution in [2.24, 2.45) is 0 Å². The number of nitrogens with zero attached hydrogens (tertiary/aromatic N) is 1. The van der Waals surface area contributed by atoms with E-state index < -0.39 is 0 Å². The highest BCUT2D eigenvalue weighted by molar-refractivity contribution is 6.33. The number of amides is 1. The van der Waals surface area contributed by atoms with Gasteiger partial charge in [0.05, 0.1) is 5.02 Å². The average molecular weight is 353 g/mol. The first kappa shape index (κ1) is 15.9. The van der Waals surface area contributed by atoms with Crippen molar-refractivity contribution >= 4 is 23.2 Å². The fourth-order valence-corrected chi connectivity index (χ4v) is 3.55. The maximum atomic E-state index is 12.8.